The molecule has 0 heterocycles. The maximum absolute atomic E-state index is 12.0. The van der Waals surface area contributed by atoms with Crippen molar-refractivity contribution < 1.29 is 4.79 Å². The Balaban J connectivity index is 0.00000392. The number of nitrogens with zero attached hydrogens (tertiary/aromatic N) is 1. The van der Waals surface area contributed by atoms with E-state index in [1.165, 1.54) is 11.1 Å². The van der Waals surface area contributed by atoms with Gasteiger partial charge in [0.05, 0.1) is 6.54 Å². The number of amides is 1. The number of hydrogen-bond donors (Lipinski definition) is 3. The molecule has 0 aliphatic rings. The Kier molecular flexibility index (Phi) is 12.0. The smallest absolute Gasteiger partial charge is 0.239 e. The van der Waals surface area contributed by atoms with Crippen molar-refractivity contribution in [1.82, 2.24) is 16.0 Å². The van der Waals surface area contributed by atoms with Crippen molar-refractivity contribution in [2.24, 2.45) is 4.99 Å². The lowest BCUT2D eigenvalue weighted by molar-refractivity contribution is -0.119. The molecule has 0 bridgehead atoms. The number of aliphatic imine (C=N–C) groups is 1. The molecule has 0 spiro atoms. The van der Waals surface area contributed by atoms with Crippen LogP contribution in [0.15, 0.2) is 65.7 Å². The van der Waals surface area contributed by atoms with Gasteiger partial charge in [0.15, 0.2) is 5.96 Å². The van der Waals surface area contributed by atoms with E-state index in [1.54, 1.807) is 7.05 Å². The molecule has 1 atom stereocenters. The number of nitrogens with one attached hydrogen (secondary N) is 3. The number of carbonyl (C=O) groups excluding carboxylic acids is 1. The van der Waals surface area contributed by atoms with Gasteiger partial charge in [-0.2, -0.15) is 0 Å². The molecule has 2 rings (SSSR count). The first-order chi connectivity index (χ1) is 13.2. The fourth-order valence-corrected chi connectivity index (χ4v) is 2.75. The van der Waals surface area contributed by atoms with E-state index in [2.05, 4.69) is 64.3 Å². The van der Waals surface area contributed by atoms with Crippen LogP contribution in [0.2, 0.25) is 0 Å². The van der Waals surface area contributed by atoms with Crippen molar-refractivity contribution in [3.05, 3.63) is 71.8 Å². The van der Waals surface area contributed by atoms with Crippen LogP contribution in [0.4, 0.5) is 0 Å². The van der Waals surface area contributed by atoms with Crippen LogP contribution in [-0.4, -0.2) is 38.0 Å². The van der Waals surface area contributed by atoms with Crippen molar-refractivity contribution in [3.8, 4) is 0 Å². The Labute approximate surface area is 185 Å². The van der Waals surface area contributed by atoms with Gasteiger partial charge in [-0.3, -0.25) is 9.79 Å². The Hall–Kier alpha value is -2.09. The molecule has 2 aromatic rings. The molecule has 0 aliphatic heterocycles. The molecule has 0 saturated carbocycles. The van der Waals surface area contributed by atoms with E-state index >= 15 is 0 Å². The van der Waals surface area contributed by atoms with E-state index in [4.69, 9.17) is 0 Å². The van der Waals surface area contributed by atoms with Crippen molar-refractivity contribution in [2.75, 3.05) is 20.1 Å². The zero-order valence-electron chi connectivity index (χ0n) is 16.7. The highest BCUT2D eigenvalue weighted by molar-refractivity contribution is 14.0. The summed E-state index contributed by atoms with van der Waals surface area (Å²) < 4.78 is 0. The second kappa shape index (κ2) is 14.0. The van der Waals surface area contributed by atoms with Crippen LogP contribution < -0.4 is 16.0 Å². The molecule has 0 radical (unpaired) electrons. The van der Waals surface area contributed by atoms with Crippen molar-refractivity contribution in [2.45, 2.75) is 32.2 Å². The number of hydrogen-bond acceptors (Lipinski definition) is 2. The van der Waals surface area contributed by atoms with Crippen LogP contribution in [0.3, 0.4) is 0 Å². The lowest BCUT2D eigenvalue weighted by Crippen LogP contribution is -2.46. The fraction of sp³-hybridized carbons (Fsp3) is 0.364. The van der Waals surface area contributed by atoms with Crippen LogP contribution >= 0.6 is 24.0 Å². The third kappa shape index (κ3) is 9.73. The second-order valence-electron chi connectivity index (χ2n) is 6.58. The van der Waals surface area contributed by atoms with E-state index in [-0.39, 0.29) is 42.5 Å². The van der Waals surface area contributed by atoms with Gasteiger partial charge in [0.2, 0.25) is 5.91 Å². The predicted molar refractivity (Wildman–Crippen MR) is 127 cm³/mol. The first-order valence-corrected chi connectivity index (χ1v) is 9.49. The highest BCUT2D eigenvalue weighted by Crippen LogP contribution is 2.04. The minimum Gasteiger partial charge on any atom is -0.354 e. The molecular weight excluding hydrogens is 463 g/mol. The number of benzene rings is 2. The third-order valence-electron chi connectivity index (χ3n) is 4.31. The summed E-state index contributed by atoms with van der Waals surface area (Å²) in [7, 11) is 1.71. The van der Waals surface area contributed by atoms with Gasteiger partial charge in [-0.05, 0) is 37.3 Å². The Morgan fingerprint density at radius 3 is 2.07 bits per heavy atom. The Bertz CT molecular complexity index is 707. The zero-order chi connectivity index (χ0) is 19.3. The summed E-state index contributed by atoms with van der Waals surface area (Å²) in [6.45, 7) is 2.96. The molecule has 3 N–H and O–H groups in total. The number of aryl methyl sites for hydroxylation is 1. The second-order valence-corrected chi connectivity index (χ2v) is 6.58. The highest BCUT2D eigenvalue weighted by Gasteiger charge is 2.07. The summed E-state index contributed by atoms with van der Waals surface area (Å²) in [5.41, 5.74) is 2.54. The summed E-state index contributed by atoms with van der Waals surface area (Å²) in [5.74, 6) is 0.611. The number of guanidine groups is 1. The first kappa shape index (κ1) is 23.9. The summed E-state index contributed by atoms with van der Waals surface area (Å²) in [4.78, 5) is 16.2. The third-order valence-corrected chi connectivity index (χ3v) is 4.31. The van der Waals surface area contributed by atoms with Crippen LogP contribution in [0.5, 0.6) is 0 Å². The van der Waals surface area contributed by atoms with Gasteiger partial charge in [0, 0.05) is 19.6 Å². The average Bonchev–Trinajstić information content (AvgIpc) is 2.71. The number of rotatable bonds is 9. The van der Waals surface area contributed by atoms with Crippen LogP contribution in [0.1, 0.15) is 24.5 Å². The Morgan fingerprint density at radius 1 is 0.929 bits per heavy atom. The maximum atomic E-state index is 12.0. The maximum Gasteiger partial charge on any atom is 0.239 e. The van der Waals surface area contributed by atoms with Crippen LogP contribution in [-0.2, 0) is 17.6 Å². The predicted octanol–water partition coefficient (Wildman–Crippen LogP) is 3.15. The molecule has 6 heteroatoms. The van der Waals surface area contributed by atoms with Crippen molar-refractivity contribution in [3.63, 3.8) is 0 Å². The summed E-state index contributed by atoms with van der Waals surface area (Å²) in [6.07, 6.45) is 2.83. The minimum atomic E-state index is -0.0363. The molecule has 0 aliphatic carbocycles. The highest BCUT2D eigenvalue weighted by atomic mass is 127. The molecule has 152 valence electrons. The lowest BCUT2D eigenvalue weighted by atomic mass is 10.1. The van der Waals surface area contributed by atoms with Gasteiger partial charge in [0.1, 0.15) is 0 Å². The van der Waals surface area contributed by atoms with Gasteiger partial charge >= 0.3 is 0 Å². The normalized spacial score (nSPS) is 11.9. The van der Waals surface area contributed by atoms with Gasteiger partial charge in [0.25, 0.3) is 0 Å². The van der Waals surface area contributed by atoms with Gasteiger partial charge in [-0.25, -0.2) is 0 Å². The SMILES string of the molecule is CN=C(NCC(=O)NCCc1ccccc1)NC(C)CCc1ccccc1.I. The zero-order valence-corrected chi connectivity index (χ0v) is 19.0. The van der Waals surface area contributed by atoms with Crippen LogP contribution in [0, 0.1) is 0 Å². The molecule has 28 heavy (non-hydrogen) atoms. The van der Waals surface area contributed by atoms with E-state index in [0.29, 0.717) is 12.5 Å². The van der Waals surface area contributed by atoms with E-state index < -0.39 is 0 Å². The quantitative estimate of drug-likeness (QED) is 0.285. The van der Waals surface area contributed by atoms with Crippen LogP contribution in [0.25, 0.3) is 0 Å². The molecular formula is C22H31IN4O. The molecule has 2 aromatic carbocycles. The van der Waals surface area contributed by atoms with Crippen molar-refractivity contribution >= 4 is 35.8 Å². The molecule has 0 aromatic heterocycles. The lowest BCUT2D eigenvalue weighted by Gasteiger charge is -2.18. The molecule has 1 unspecified atom stereocenters. The van der Waals surface area contributed by atoms with Gasteiger partial charge in [-0.1, -0.05) is 60.7 Å². The summed E-state index contributed by atoms with van der Waals surface area (Å²) in [5, 5.41) is 9.33. The fourth-order valence-electron chi connectivity index (χ4n) is 2.75. The topological polar surface area (TPSA) is 65.5 Å². The molecule has 1 amide bonds. The summed E-state index contributed by atoms with van der Waals surface area (Å²) in [6, 6.07) is 20.8. The van der Waals surface area contributed by atoms with E-state index in [0.717, 1.165) is 19.3 Å². The van der Waals surface area contributed by atoms with E-state index in [1.807, 2.05) is 24.3 Å². The van der Waals surface area contributed by atoms with Gasteiger partial charge in [-0.15, -0.1) is 24.0 Å². The number of halogens is 1. The van der Waals surface area contributed by atoms with E-state index in [9.17, 15) is 4.79 Å². The Morgan fingerprint density at radius 2 is 1.50 bits per heavy atom. The largest absolute Gasteiger partial charge is 0.354 e. The average molecular weight is 494 g/mol. The standard InChI is InChI=1S/C22H30N4O.HI/c1-18(13-14-19-9-5-3-6-10-19)26-22(23-2)25-17-21(27)24-16-15-20-11-7-4-8-12-20;/h3-12,18H,13-17H2,1-2H3,(H,24,27)(H2,23,25,26);1H. The summed E-state index contributed by atoms with van der Waals surface area (Å²) >= 11 is 0. The monoisotopic (exact) mass is 494 g/mol. The first-order valence-electron chi connectivity index (χ1n) is 9.49. The molecule has 0 fully saturated rings. The molecule has 5 nitrogen and oxygen atoms in total. The minimum absolute atomic E-state index is 0. The molecule has 0 saturated heterocycles. The van der Waals surface area contributed by atoms with Crippen molar-refractivity contribution in [1.29, 1.82) is 0 Å². The van der Waals surface area contributed by atoms with Gasteiger partial charge < -0.3 is 16.0 Å². The number of carbonyl (C=O) groups is 1.